The van der Waals surface area contributed by atoms with Gasteiger partial charge in [-0.15, -0.1) is 0 Å². The van der Waals surface area contributed by atoms with Crippen LogP contribution in [0.2, 0.25) is 0 Å². The Hall–Kier alpha value is -1.41. The summed E-state index contributed by atoms with van der Waals surface area (Å²) in [7, 11) is -1.02. The number of phosphoric acid groups is 1. The molecule has 0 bridgehead atoms. The Labute approximate surface area is 151 Å². The SMILES string of the molecule is COP(=O)([O-])OCSSc1cccc2c1C(=O)c1ccccc1C2=O. The summed E-state index contributed by atoms with van der Waals surface area (Å²) in [6.45, 7) is 0. The van der Waals surface area contributed by atoms with Crippen molar-refractivity contribution in [3.05, 3.63) is 64.7 Å². The van der Waals surface area contributed by atoms with Crippen LogP contribution >= 0.6 is 29.4 Å². The molecule has 1 aliphatic carbocycles. The zero-order valence-corrected chi connectivity index (χ0v) is 15.5. The number of fused-ring (bicyclic) bond motifs is 2. The van der Waals surface area contributed by atoms with Gasteiger partial charge in [0.1, 0.15) is 5.94 Å². The van der Waals surface area contributed by atoms with Crippen LogP contribution in [0.4, 0.5) is 0 Å². The highest BCUT2D eigenvalue weighted by Crippen LogP contribution is 2.43. The molecule has 6 nitrogen and oxygen atoms in total. The van der Waals surface area contributed by atoms with E-state index in [1.807, 2.05) is 0 Å². The minimum atomic E-state index is -4.29. The lowest BCUT2D eigenvalue weighted by Crippen LogP contribution is -2.21. The quantitative estimate of drug-likeness (QED) is 0.272. The van der Waals surface area contributed by atoms with E-state index in [9.17, 15) is 19.0 Å². The van der Waals surface area contributed by atoms with Gasteiger partial charge in [-0.05, 0) is 6.07 Å². The second kappa shape index (κ2) is 7.45. The van der Waals surface area contributed by atoms with E-state index in [-0.39, 0.29) is 17.5 Å². The molecule has 2 aromatic rings. The average molecular weight is 395 g/mol. The van der Waals surface area contributed by atoms with Gasteiger partial charge in [0.05, 0.1) is 0 Å². The maximum absolute atomic E-state index is 12.8. The maximum Gasteiger partial charge on any atom is 0.268 e. The van der Waals surface area contributed by atoms with E-state index in [0.29, 0.717) is 27.1 Å². The molecule has 0 aromatic heterocycles. The Kier molecular flexibility index (Phi) is 5.48. The number of ketones is 2. The molecule has 9 heteroatoms. The zero-order valence-electron chi connectivity index (χ0n) is 13.0. The lowest BCUT2D eigenvalue weighted by molar-refractivity contribution is -0.221. The van der Waals surface area contributed by atoms with Crippen molar-refractivity contribution in [3.63, 3.8) is 0 Å². The van der Waals surface area contributed by atoms with E-state index >= 15 is 0 Å². The van der Waals surface area contributed by atoms with Crippen molar-refractivity contribution >= 4 is 41.0 Å². The Balaban J connectivity index is 1.84. The van der Waals surface area contributed by atoms with Crippen molar-refractivity contribution in [2.24, 2.45) is 0 Å². The fourth-order valence-corrected chi connectivity index (χ4v) is 5.13. The number of hydrogen-bond donors (Lipinski definition) is 0. The van der Waals surface area contributed by atoms with E-state index in [4.69, 9.17) is 0 Å². The third kappa shape index (κ3) is 3.74. The normalized spacial score (nSPS) is 15.4. The first kappa shape index (κ1) is 18.4. The predicted octanol–water partition coefficient (Wildman–Crippen LogP) is 3.29. The minimum Gasteiger partial charge on any atom is -0.756 e. The minimum absolute atomic E-state index is 0.179. The second-order valence-corrected chi connectivity index (χ2v) is 8.76. The second-order valence-electron chi connectivity index (χ2n) is 4.96. The largest absolute Gasteiger partial charge is 0.756 e. The molecule has 0 N–H and O–H groups in total. The van der Waals surface area contributed by atoms with Crippen molar-refractivity contribution in [1.29, 1.82) is 0 Å². The maximum atomic E-state index is 12.8. The van der Waals surface area contributed by atoms with Gasteiger partial charge in [0.2, 0.25) is 0 Å². The third-order valence-corrected chi connectivity index (χ3v) is 6.65. The van der Waals surface area contributed by atoms with Crippen LogP contribution in [0.15, 0.2) is 47.4 Å². The summed E-state index contributed by atoms with van der Waals surface area (Å²) in [5.74, 6) is -0.597. The van der Waals surface area contributed by atoms with Crippen LogP contribution in [0.1, 0.15) is 31.8 Å². The standard InChI is InChI=1S/C16H13O6PS2/c1-21-23(19,20)22-9-24-25-13-8-4-7-12-14(13)16(18)11-6-3-2-5-10(11)15(12)17/h2-8H,9H2,1H3,(H,19,20)/p-1. The van der Waals surface area contributed by atoms with Crippen LogP contribution in [0, 0.1) is 0 Å². The van der Waals surface area contributed by atoms with Crippen LogP contribution in [-0.2, 0) is 13.6 Å². The highest BCUT2D eigenvalue weighted by molar-refractivity contribution is 8.76. The number of rotatable bonds is 6. The first-order valence-electron chi connectivity index (χ1n) is 7.07. The number of benzene rings is 2. The lowest BCUT2D eigenvalue weighted by atomic mass is 9.84. The summed E-state index contributed by atoms with van der Waals surface area (Å²) < 4.78 is 20.0. The van der Waals surface area contributed by atoms with Gasteiger partial charge < -0.3 is 13.9 Å². The van der Waals surface area contributed by atoms with E-state index < -0.39 is 7.82 Å². The van der Waals surface area contributed by atoms with E-state index in [0.717, 1.165) is 17.9 Å². The number of carbonyl (C=O) groups is 2. The molecule has 130 valence electrons. The van der Waals surface area contributed by atoms with E-state index in [1.165, 1.54) is 10.8 Å². The molecular weight excluding hydrogens is 383 g/mol. The summed E-state index contributed by atoms with van der Waals surface area (Å²) in [5.41, 5.74) is 1.45. The zero-order chi connectivity index (χ0) is 18.0. The number of hydrogen-bond acceptors (Lipinski definition) is 8. The van der Waals surface area contributed by atoms with E-state index in [1.54, 1.807) is 42.5 Å². The van der Waals surface area contributed by atoms with Gasteiger partial charge >= 0.3 is 0 Å². The molecule has 0 saturated carbocycles. The molecule has 2 aromatic carbocycles. The van der Waals surface area contributed by atoms with E-state index in [2.05, 4.69) is 9.05 Å². The van der Waals surface area contributed by atoms with Crippen molar-refractivity contribution in [3.8, 4) is 0 Å². The monoisotopic (exact) mass is 395 g/mol. The van der Waals surface area contributed by atoms with Gasteiger partial charge in [-0.1, -0.05) is 58.0 Å². The van der Waals surface area contributed by atoms with Gasteiger partial charge in [0.15, 0.2) is 11.6 Å². The fraction of sp³-hybridized carbons (Fsp3) is 0.125. The van der Waals surface area contributed by atoms with Crippen LogP contribution in [0.25, 0.3) is 0 Å². The lowest BCUT2D eigenvalue weighted by Gasteiger charge is -2.21. The molecule has 0 radical (unpaired) electrons. The Morgan fingerprint density at radius 1 is 1.00 bits per heavy atom. The molecule has 0 heterocycles. The Bertz CT molecular complexity index is 898. The van der Waals surface area contributed by atoms with Crippen LogP contribution in [0.3, 0.4) is 0 Å². The molecule has 0 aliphatic heterocycles. The van der Waals surface area contributed by atoms with Crippen molar-refractivity contribution in [2.45, 2.75) is 4.90 Å². The molecule has 3 rings (SSSR count). The van der Waals surface area contributed by atoms with Gasteiger partial charge in [0.25, 0.3) is 7.82 Å². The summed E-state index contributed by atoms with van der Waals surface area (Å²) in [6, 6.07) is 11.7. The van der Waals surface area contributed by atoms with Gasteiger partial charge in [-0.3, -0.25) is 14.2 Å². The molecule has 1 atom stereocenters. The van der Waals surface area contributed by atoms with Gasteiger partial charge in [-0.2, -0.15) is 0 Å². The summed E-state index contributed by atoms with van der Waals surface area (Å²) >= 11 is 0. The van der Waals surface area contributed by atoms with Crippen molar-refractivity contribution in [1.82, 2.24) is 0 Å². The summed E-state index contributed by atoms with van der Waals surface area (Å²) in [4.78, 5) is 37.1. The first-order chi connectivity index (χ1) is 11.9. The van der Waals surface area contributed by atoms with Crippen molar-refractivity contribution in [2.75, 3.05) is 13.0 Å². The van der Waals surface area contributed by atoms with Crippen LogP contribution in [-0.4, -0.2) is 24.6 Å². The third-order valence-electron chi connectivity index (χ3n) is 3.55. The summed E-state index contributed by atoms with van der Waals surface area (Å²) in [5, 5.41) is 0. The number of phosphoric ester groups is 1. The van der Waals surface area contributed by atoms with Crippen molar-refractivity contribution < 1.29 is 28.1 Å². The molecular formula is C16H12O6PS2-. The van der Waals surface area contributed by atoms with Crippen LogP contribution < -0.4 is 4.89 Å². The molecule has 0 saturated heterocycles. The number of carbonyl (C=O) groups excluding carboxylic acids is 2. The molecule has 0 spiro atoms. The predicted molar refractivity (Wildman–Crippen MR) is 93.8 cm³/mol. The summed E-state index contributed by atoms with van der Waals surface area (Å²) in [6.07, 6.45) is 0. The molecule has 0 amide bonds. The Morgan fingerprint density at radius 3 is 2.32 bits per heavy atom. The molecule has 0 fully saturated rings. The smallest absolute Gasteiger partial charge is 0.268 e. The molecule has 25 heavy (non-hydrogen) atoms. The highest BCUT2D eigenvalue weighted by Gasteiger charge is 2.31. The van der Waals surface area contributed by atoms with Gasteiger partial charge in [0, 0.05) is 34.3 Å². The first-order valence-corrected chi connectivity index (χ1v) is 10.8. The average Bonchev–Trinajstić information content (AvgIpc) is 2.63. The highest BCUT2D eigenvalue weighted by atomic mass is 33.1. The molecule has 1 aliphatic rings. The topological polar surface area (TPSA) is 92.7 Å². The van der Waals surface area contributed by atoms with Gasteiger partial charge in [-0.25, -0.2) is 0 Å². The van der Waals surface area contributed by atoms with Crippen LogP contribution in [0.5, 0.6) is 0 Å². The molecule has 1 unspecified atom stereocenters. The Morgan fingerprint density at radius 2 is 1.64 bits per heavy atom. The fourth-order valence-electron chi connectivity index (χ4n) is 2.41.